The van der Waals surface area contributed by atoms with Crippen LogP contribution in [0, 0.1) is 62.3 Å². The fraction of sp³-hybridized carbons (Fsp3) is 0.257. The normalized spacial score (nSPS) is 12.9. The van der Waals surface area contributed by atoms with Crippen molar-refractivity contribution in [2.45, 2.75) is 181 Å². The summed E-state index contributed by atoms with van der Waals surface area (Å²) in [5.41, 5.74) is 43.7. The SMILES string of the molecule is C=CC1=C(C)c2nc1cc1[nH]c(cc3[nH]c(cc4nc(c2C)C(C=C)=C4C)c(C)c3CCC(=O)[O-])c(CCC(=O)O)c1C.C=CC1=C(C)c2nc1cc1[nH]c(cc3[nH]c(cc4nc(c2C)C(C=C)=C4C)c(C)c3CCC(=O)[O-])c(CCC(=O)O)c1C.C=CC1=C(C)c2nc1cc1[nH]c(cc3[nH]c(cc4nc(c2C)C(C=C)=C4C)c(C)c3CCC(=O)[O-])c(CCC(=O)O)c1C.[Co+3]. The van der Waals surface area contributed by atoms with Crippen molar-refractivity contribution in [1.82, 2.24) is 59.8 Å². The van der Waals surface area contributed by atoms with Crippen LogP contribution in [0.15, 0.2) is 131 Å². The summed E-state index contributed by atoms with van der Waals surface area (Å²) in [6.07, 6.45) is 12.2. The molecule has 9 N–H and O–H groups in total. The van der Waals surface area contributed by atoms with Gasteiger partial charge < -0.3 is 74.9 Å². The number of rotatable bonds is 24. The van der Waals surface area contributed by atoms with Gasteiger partial charge in [0.15, 0.2) is 0 Å². The number of aryl methyl sites for hydroxylation is 12. The second kappa shape index (κ2) is 38.6. The van der Waals surface area contributed by atoms with Crippen molar-refractivity contribution in [2.75, 3.05) is 0 Å². The molecular weight excluding hydrogens is 1680 g/mol. The maximum Gasteiger partial charge on any atom is 3.00 e. The van der Waals surface area contributed by atoms with Crippen molar-refractivity contribution in [1.29, 1.82) is 0 Å². The number of nitrogens with one attached hydrogen (secondary N) is 6. The van der Waals surface area contributed by atoms with E-state index in [1.807, 2.05) is 177 Å². The van der Waals surface area contributed by atoms with Gasteiger partial charge in [0, 0.05) is 153 Å². The number of carbonyl (C=O) groups is 6. The number of aliphatic carboxylic acids is 6. The van der Waals surface area contributed by atoms with Gasteiger partial charge in [-0.05, 0) is 316 Å². The summed E-state index contributed by atoms with van der Waals surface area (Å²) in [5.74, 6) is -6.02. The molecule has 25 heteroatoms. The molecule has 15 heterocycles. The van der Waals surface area contributed by atoms with Crippen LogP contribution in [0.4, 0.5) is 0 Å². The Balaban J connectivity index is 0.000000176. The van der Waals surface area contributed by atoms with Crippen LogP contribution in [-0.2, 0) is 84.1 Å². The van der Waals surface area contributed by atoms with E-state index in [-0.39, 0.29) is 74.6 Å². The molecule has 9 aromatic heterocycles. The largest absolute Gasteiger partial charge is 3.00 e. The Morgan fingerprint density at radius 2 is 0.431 bits per heavy atom. The first-order chi connectivity index (χ1) is 61.3. The van der Waals surface area contributed by atoms with E-state index < -0.39 is 35.8 Å². The van der Waals surface area contributed by atoms with Gasteiger partial charge in [-0.15, -0.1) is 0 Å². The van der Waals surface area contributed by atoms with E-state index in [4.69, 9.17) is 29.9 Å². The van der Waals surface area contributed by atoms with Crippen LogP contribution in [0.25, 0.3) is 133 Å². The van der Waals surface area contributed by atoms with E-state index >= 15 is 0 Å². The number of aromatic amines is 6. The Labute approximate surface area is 763 Å². The number of aromatic nitrogens is 12. The number of carboxylic acid groups (broad SMARTS) is 6. The number of fused-ring (bicyclic) bond motifs is 24. The smallest absolute Gasteiger partial charge is 0.550 e. The van der Waals surface area contributed by atoms with Crippen molar-refractivity contribution in [3.05, 3.63) is 282 Å². The van der Waals surface area contributed by atoms with Crippen LogP contribution in [0.3, 0.4) is 0 Å². The van der Waals surface area contributed by atoms with E-state index in [0.29, 0.717) is 19.3 Å². The molecule has 6 aliphatic rings. The average Bonchev–Trinajstić information content (AvgIpc) is 1.61. The van der Waals surface area contributed by atoms with Gasteiger partial charge in [-0.2, -0.15) is 0 Å². The molecule has 6 aliphatic heterocycles. The molecule has 0 unspecified atom stereocenters. The molecular formula is C105H105CoN12O12. The van der Waals surface area contributed by atoms with E-state index in [0.717, 1.165) is 285 Å². The summed E-state index contributed by atoms with van der Waals surface area (Å²) in [4.78, 5) is 120. The molecule has 0 amide bonds. The number of carbonyl (C=O) groups excluding carboxylic acids is 3. The topological polar surface area (TPSA) is 404 Å². The molecule has 24 nitrogen and oxygen atoms in total. The van der Waals surface area contributed by atoms with Gasteiger partial charge in [-0.1, -0.05) is 75.9 Å². The number of hydrogen-bond donors (Lipinski definition) is 9. The van der Waals surface area contributed by atoms with Crippen LogP contribution in [0.5, 0.6) is 0 Å². The van der Waals surface area contributed by atoms with Crippen molar-refractivity contribution < 1.29 is 76.2 Å². The molecule has 130 heavy (non-hydrogen) atoms. The monoisotopic (exact) mass is 1780 g/mol. The van der Waals surface area contributed by atoms with Gasteiger partial charge in [0.05, 0.1) is 68.3 Å². The van der Waals surface area contributed by atoms with Crippen molar-refractivity contribution >= 4 is 169 Å². The first kappa shape index (κ1) is 94.7. The predicted octanol–water partition coefficient (Wildman–Crippen LogP) is 18.5. The summed E-state index contributed by atoms with van der Waals surface area (Å²) in [7, 11) is 0. The quantitative estimate of drug-likeness (QED) is 0.0271. The maximum absolute atomic E-state index is 11.6. The number of hydrogen-bond acceptors (Lipinski definition) is 15. The Morgan fingerprint density at radius 3 is 0.608 bits per heavy atom. The zero-order chi connectivity index (χ0) is 93.5. The molecule has 9 aromatic rings. The third-order valence-corrected chi connectivity index (χ3v) is 25.7. The van der Waals surface area contributed by atoms with Gasteiger partial charge in [0.25, 0.3) is 0 Å². The van der Waals surface area contributed by atoms with E-state index in [2.05, 4.69) is 69.4 Å². The molecule has 666 valence electrons. The standard InChI is InChI=1S/3C35H36N4O4.Co/c3*1-8-22-20(6)34-21(7)35-23(9-2)17(3)28(38-35)14-26-18(4)24(10-12-32(40)41)30(36-26)16-31-25(11-13-33(42)43)19(5)27(37-31)15-29(22)39-34;/h3*8-9,14-16,36-37H,1-2,10-13H2,3-7H3,(H,40,41)(H,42,43);/q;;;+3/p-3. The molecule has 15 rings (SSSR count). The Morgan fingerprint density at radius 1 is 0.254 bits per heavy atom. The van der Waals surface area contributed by atoms with Gasteiger partial charge in [-0.25, -0.2) is 29.9 Å². The zero-order valence-electron chi connectivity index (χ0n) is 75.9. The fourth-order valence-electron chi connectivity index (χ4n) is 18.3. The van der Waals surface area contributed by atoms with Crippen LogP contribution >= 0.6 is 0 Å². The third-order valence-electron chi connectivity index (χ3n) is 25.7. The first-order valence-corrected chi connectivity index (χ1v) is 42.8. The van der Waals surface area contributed by atoms with Crippen molar-refractivity contribution in [2.24, 2.45) is 0 Å². The summed E-state index contributed by atoms with van der Waals surface area (Å²) in [6.45, 7) is 54.3. The molecule has 0 saturated heterocycles. The van der Waals surface area contributed by atoms with Crippen molar-refractivity contribution in [3.8, 4) is 0 Å². The molecule has 0 spiro atoms. The number of carboxylic acids is 6. The van der Waals surface area contributed by atoms with E-state index in [9.17, 15) is 59.4 Å². The molecule has 0 saturated carbocycles. The zero-order valence-corrected chi connectivity index (χ0v) is 77.0. The molecule has 0 atom stereocenters. The van der Waals surface area contributed by atoms with E-state index in [1.54, 1.807) is 18.2 Å². The van der Waals surface area contributed by atoms with Crippen LogP contribution in [0.2, 0.25) is 0 Å². The fourth-order valence-corrected chi connectivity index (χ4v) is 18.3. The molecule has 0 fully saturated rings. The number of allylic oxidation sites excluding steroid dienone is 18. The molecule has 0 radical (unpaired) electrons. The molecule has 0 aliphatic carbocycles. The van der Waals surface area contributed by atoms with Gasteiger partial charge in [0.1, 0.15) is 0 Å². The predicted molar refractivity (Wildman–Crippen MR) is 510 cm³/mol. The van der Waals surface area contributed by atoms with Gasteiger partial charge >= 0.3 is 34.7 Å². The Kier molecular flexibility index (Phi) is 28.1. The van der Waals surface area contributed by atoms with Gasteiger partial charge in [0.2, 0.25) is 0 Å². The van der Waals surface area contributed by atoms with Crippen LogP contribution < -0.4 is 15.3 Å². The molecule has 24 bridgehead atoms. The van der Waals surface area contributed by atoms with Crippen molar-refractivity contribution in [3.63, 3.8) is 0 Å². The maximum atomic E-state index is 11.6. The minimum atomic E-state index is -1.13. The minimum absolute atomic E-state index is 0. The Bertz CT molecular complexity index is 6590. The average molecular weight is 1790 g/mol. The van der Waals surface area contributed by atoms with Crippen LogP contribution in [-0.4, -0.2) is 111 Å². The number of H-pyrrole nitrogens is 6. The summed E-state index contributed by atoms with van der Waals surface area (Å²) in [6, 6.07) is 17.7. The summed E-state index contributed by atoms with van der Waals surface area (Å²) < 4.78 is 0. The third kappa shape index (κ3) is 18.4. The van der Waals surface area contributed by atoms with Crippen LogP contribution in [0.1, 0.15) is 232 Å². The molecule has 0 aromatic carbocycles. The first-order valence-electron chi connectivity index (χ1n) is 42.8. The summed E-state index contributed by atoms with van der Waals surface area (Å²) in [5, 5.41) is 62.8. The Hall–Kier alpha value is -14.4. The number of nitrogens with zero attached hydrogens (tertiary/aromatic N) is 6. The van der Waals surface area contributed by atoms with Gasteiger partial charge in [-0.3, -0.25) is 14.4 Å². The second-order valence-electron chi connectivity index (χ2n) is 33.3. The second-order valence-corrected chi connectivity index (χ2v) is 33.3. The summed E-state index contributed by atoms with van der Waals surface area (Å²) >= 11 is 0. The van der Waals surface area contributed by atoms with E-state index in [1.165, 1.54) is 0 Å². The minimum Gasteiger partial charge on any atom is -0.550 e.